The van der Waals surface area contributed by atoms with Gasteiger partial charge in [-0.3, -0.25) is 19.3 Å². The predicted octanol–water partition coefficient (Wildman–Crippen LogP) is 6.11. The summed E-state index contributed by atoms with van der Waals surface area (Å²) >= 11 is 0. The van der Waals surface area contributed by atoms with Crippen molar-refractivity contribution < 1.29 is 29.0 Å². The minimum Gasteiger partial charge on any atom is -0.432 e. The first kappa shape index (κ1) is 35.5. The fourth-order valence-corrected chi connectivity index (χ4v) is 10.8. The van der Waals surface area contributed by atoms with E-state index < -0.39 is 31.5 Å². The highest BCUT2D eigenvalue weighted by Gasteiger charge is 2.67. The number of para-hydroxylation sites is 1. The lowest BCUT2D eigenvalue weighted by atomic mass is 9.82. The van der Waals surface area contributed by atoms with E-state index in [-0.39, 0.29) is 43.7 Å². The fourth-order valence-electron chi connectivity index (χ4n) is 8.27. The molecule has 11 heteroatoms. The Kier molecular flexibility index (Phi) is 9.70. The molecule has 4 atom stereocenters. The van der Waals surface area contributed by atoms with Gasteiger partial charge in [-0.05, 0) is 54.6 Å². The largest absolute Gasteiger partial charge is 0.432 e. The van der Waals surface area contributed by atoms with Crippen LogP contribution in [0.1, 0.15) is 42.9 Å². The van der Waals surface area contributed by atoms with Crippen LogP contribution in [0.5, 0.6) is 0 Å². The van der Waals surface area contributed by atoms with Crippen LogP contribution in [0.15, 0.2) is 114 Å². The number of aliphatic hydroxyl groups excluding tert-OH is 1. The molecule has 52 heavy (non-hydrogen) atoms. The zero-order valence-corrected chi connectivity index (χ0v) is 30.7. The lowest BCUT2D eigenvalue weighted by Gasteiger charge is -2.33. The molecule has 10 nitrogen and oxygen atoms in total. The third-order valence-electron chi connectivity index (χ3n) is 10.6. The molecular formula is C41H44N4O6Si. The Morgan fingerprint density at radius 2 is 1.58 bits per heavy atom. The molecule has 4 aromatic carbocycles. The maximum atomic E-state index is 15.1. The van der Waals surface area contributed by atoms with Gasteiger partial charge in [-0.15, -0.1) is 0 Å². The Morgan fingerprint density at radius 3 is 2.23 bits per heavy atom. The second-order valence-corrected chi connectivity index (χ2v) is 18.4. The summed E-state index contributed by atoms with van der Waals surface area (Å²) < 4.78 is 6.99. The zero-order chi connectivity index (χ0) is 36.6. The van der Waals surface area contributed by atoms with Crippen LogP contribution in [0.2, 0.25) is 18.6 Å². The van der Waals surface area contributed by atoms with Crippen molar-refractivity contribution in [1.29, 1.82) is 0 Å². The van der Waals surface area contributed by atoms with Crippen LogP contribution < -0.4 is 9.91 Å². The highest BCUT2D eigenvalue weighted by Crippen LogP contribution is 2.61. The highest BCUT2D eigenvalue weighted by molar-refractivity contribution is 6.71. The fraction of sp³-hybridized carbons (Fsp3) is 0.317. The third-order valence-corrected chi connectivity index (χ3v) is 13.1. The topological polar surface area (TPSA) is 123 Å². The van der Waals surface area contributed by atoms with E-state index in [1.807, 2.05) is 123 Å². The highest BCUT2D eigenvalue weighted by atomic mass is 28.4. The first-order chi connectivity index (χ1) is 25.0. The van der Waals surface area contributed by atoms with E-state index in [1.54, 1.807) is 15.9 Å². The lowest BCUT2D eigenvalue weighted by Crippen LogP contribution is -2.45. The van der Waals surface area contributed by atoms with Gasteiger partial charge in [0, 0.05) is 48.6 Å². The van der Waals surface area contributed by atoms with Gasteiger partial charge in [0.05, 0.1) is 36.2 Å². The zero-order valence-electron chi connectivity index (χ0n) is 29.7. The van der Waals surface area contributed by atoms with E-state index in [0.29, 0.717) is 35.6 Å². The van der Waals surface area contributed by atoms with Crippen molar-refractivity contribution in [3.63, 3.8) is 0 Å². The van der Waals surface area contributed by atoms with Crippen LogP contribution in [-0.2, 0) is 31.3 Å². The number of aliphatic hydroxyl groups is 1. The van der Waals surface area contributed by atoms with Gasteiger partial charge in [-0.25, -0.2) is 5.01 Å². The van der Waals surface area contributed by atoms with Gasteiger partial charge in [0.2, 0.25) is 11.8 Å². The molecular weight excluding hydrogens is 673 g/mol. The summed E-state index contributed by atoms with van der Waals surface area (Å²) in [6.45, 7) is 5.80. The number of hydrogen-bond acceptors (Lipinski definition) is 7. The standard InChI is InChI=1S/C41H44N4O6Si/c1-28-39(52(2,3)50)36(26-38(48)43(23-24-46)27-29-13-7-4-8-14-29)51-41(28)33-25-32(19-21-35(33)44(40(41)49)31-17-11-6-12-18-31)45-37(47)22-20-34(42-45)30-15-9-5-10-16-30/h4-19,21,25,28,36,39,46,50H,20,22-24,26-27H2,1-3H3/t28-,36+,39-,41+/m0/s1. The molecule has 3 amide bonds. The van der Waals surface area contributed by atoms with E-state index in [4.69, 9.17) is 9.84 Å². The summed E-state index contributed by atoms with van der Waals surface area (Å²) in [6.07, 6.45) is -0.0767. The van der Waals surface area contributed by atoms with Crippen LogP contribution in [0.3, 0.4) is 0 Å². The monoisotopic (exact) mass is 716 g/mol. The average Bonchev–Trinajstić information content (AvgIpc) is 3.58. The Labute approximate surface area is 305 Å². The number of amides is 3. The van der Waals surface area contributed by atoms with Gasteiger partial charge >= 0.3 is 0 Å². The van der Waals surface area contributed by atoms with Crippen molar-refractivity contribution >= 4 is 48.8 Å². The first-order valence-electron chi connectivity index (χ1n) is 17.9. The summed E-state index contributed by atoms with van der Waals surface area (Å²) in [6, 6.07) is 34.1. The average molecular weight is 717 g/mol. The molecule has 1 spiro atoms. The molecule has 0 aliphatic carbocycles. The number of nitrogens with zero attached hydrogens (tertiary/aromatic N) is 4. The van der Waals surface area contributed by atoms with Crippen molar-refractivity contribution in [1.82, 2.24) is 4.90 Å². The van der Waals surface area contributed by atoms with Crippen LogP contribution in [-0.4, -0.2) is 65.8 Å². The second-order valence-electron chi connectivity index (χ2n) is 14.4. The summed E-state index contributed by atoms with van der Waals surface area (Å²) in [5.74, 6) is -1.25. The van der Waals surface area contributed by atoms with Gasteiger partial charge < -0.3 is 19.5 Å². The Hall–Kier alpha value is -4.94. The van der Waals surface area contributed by atoms with E-state index >= 15 is 4.79 Å². The Balaban J connectivity index is 1.31. The molecule has 1 saturated heterocycles. The van der Waals surface area contributed by atoms with Crippen molar-refractivity contribution in [2.24, 2.45) is 11.0 Å². The molecule has 3 aliphatic heterocycles. The molecule has 0 aromatic heterocycles. The quantitative estimate of drug-likeness (QED) is 0.191. The predicted molar refractivity (Wildman–Crippen MR) is 202 cm³/mol. The Morgan fingerprint density at radius 1 is 0.923 bits per heavy atom. The molecule has 3 aliphatic rings. The summed E-state index contributed by atoms with van der Waals surface area (Å²) in [5.41, 5.74) is 2.92. The number of rotatable bonds is 10. The van der Waals surface area contributed by atoms with E-state index in [1.165, 1.54) is 5.01 Å². The molecule has 4 aromatic rings. The second kappa shape index (κ2) is 14.2. The lowest BCUT2D eigenvalue weighted by molar-refractivity contribution is -0.149. The molecule has 0 bridgehead atoms. The van der Waals surface area contributed by atoms with Crippen LogP contribution in [0, 0.1) is 5.92 Å². The number of anilines is 3. The number of carbonyl (C=O) groups excluding carboxylic acids is 3. The first-order valence-corrected chi connectivity index (χ1v) is 20.9. The van der Waals surface area contributed by atoms with Crippen molar-refractivity contribution in [2.75, 3.05) is 23.1 Å². The van der Waals surface area contributed by atoms with Gasteiger partial charge in [0.25, 0.3) is 5.91 Å². The maximum absolute atomic E-state index is 15.1. The number of ether oxygens (including phenoxy) is 1. The number of fused-ring (bicyclic) bond motifs is 2. The summed E-state index contributed by atoms with van der Waals surface area (Å²) in [7, 11) is -3.10. The molecule has 7 rings (SSSR count). The normalized spacial score (nSPS) is 22.9. The van der Waals surface area contributed by atoms with Crippen LogP contribution >= 0.6 is 0 Å². The number of hydrazone groups is 1. The van der Waals surface area contributed by atoms with Gasteiger partial charge in [-0.2, -0.15) is 5.10 Å². The Bertz CT molecular complexity index is 1990. The van der Waals surface area contributed by atoms with Crippen LogP contribution in [0.25, 0.3) is 0 Å². The number of hydrogen-bond donors (Lipinski definition) is 2. The minimum absolute atomic E-state index is 0.0798. The molecule has 2 N–H and O–H groups in total. The molecule has 1 fully saturated rings. The van der Waals surface area contributed by atoms with Gasteiger partial charge in [0.1, 0.15) is 0 Å². The molecule has 0 unspecified atom stereocenters. The molecule has 268 valence electrons. The van der Waals surface area contributed by atoms with Gasteiger partial charge in [-0.1, -0.05) is 85.8 Å². The number of benzene rings is 4. The van der Waals surface area contributed by atoms with Crippen molar-refractivity contribution in [3.05, 3.63) is 126 Å². The molecule has 0 radical (unpaired) electrons. The SMILES string of the molecule is C[C@H]1[C@H]([Si](C)(C)O)[C@@H](CC(=O)N(CCO)Cc2ccccc2)O[C@]12C(=O)N(c1ccccc1)c1ccc(N3N=C(c4ccccc4)CCC3=O)cc12. The smallest absolute Gasteiger partial charge is 0.268 e. The van der Waals surface area contributed by atoms with E-state index in [0.717, 1.165) is 16.8 Å². The van der Waals surface area contributed by atoms with Crippen molar-refractivity contribution in [3.8, 4) is 0 Å². The van der Waals surface area contributed by atoms with E-state index in [9.17, 15) is 19.5 Å². The molecule has 0 saturated carbocycles. The summed E-state index contributed by atoms with van der Waals surface area (Å²) in [4.78, 5) is 57.6. The summed E-state index contributed by atoms with van der Waals surface area (Å²) in [5, 5.41) is 16.1. The number of carbonyl (C=O) groups is 3. The maximum Gasteiger partial charge on any atom is 0.268 e. The molecule has 3 heterocycles. The minimum atomic E-state index is -3.10. The third kappa shape index (κ3) is 6.38. The van der Waals surface area contributed by atoms with Crippen LogP contribution in [0.4, 0.5) is 17.1 Å². The van der Waals surface area contributed by atoms with Gasteiger partial charge in [0.15, 0.2) is 13.9 Å². The van der Waals surface area contributed by atoms with Crippen molar-refractivity contribution in [2.45, 2.75) is 63.1 Å². The van der Waals surface area contributed by atoms with E-state index in [2.05, 4.69) is 0 Å².